The van der Waals surface area contributed by atoms with Crippen molar-refractivity contribution in [1.82, 2.24) is 0 Å². The lowest BCUT2D eigenvalue weighted by Gasteiger charge is -1.91. The Balaban J connectivity index is 2.76. The van der Waals surface area contributed by atoms with Crippen molar-refractivity contribution >= 4 is 44.6 Å². The van der Waals surface area contributed by atoms with Crippen LogP contribution in [0.3, 0.4) is 0 Å². The van der Waals surface area contributed by atoms with E-state index in [2.05, 4.69) is 0 Å². The van der Waals surface area contributed by atoms with E-state index in [1.807, 2.05) is 0 Å². The molecule has 1 heterocycles. The number of phenolic OH excluding ortho intramolecular Hbond substituents is 1. The van der Waals surface area contributed by atoms with Crippen LogP contribution < -0.4 is 0 Å². The summed E-state index contributed by atoms with van der Waals surface area (Å²) < 4.78 is 0.973. The molecule has 1 nitrogen and oxygen atoms in total. The molecule has 0 saturated heterocycles. The second kappa shape index (κ2) is 3.37. The lowest BCUT2D eigenvalue weighted by Crippen LogP contribution is -1.67. The molecule has 0 fully saturated rings. The molecule has 0 aliphatic heterocycles. The van der Waals surface area contributed by atoms with Crippen LogP contribution in [0.4, 0.5) is 0 Å². The minimum atomic E-state index is 0.256. The molecule has 68 valence electrons. The molecule has 2 rings (SSSR count). The summed E-state index contributed by atoms with van der Waals surface area (Å²) in [6.07, 6.45) is 0. The van der Waals surface area contributed by atoms with Crippen molar-refractivity contribution in [3.05, 3.63) is 28.1 Å². The van der Waals surface area contributed by atoms with E-state index in [9.17, 15) is 5.11 Å². The minimum Gasteiger partial charge on any atom is -0.508 e. The lowest BCUT2D eigenvalue weighted by atomic mass is 10.2. The van der Waals surface area contributed by atoms with Crippen LogP contribution in [0.15, 0.2) is 18.2 Å². The second-order valence-electron chi connectivity index (χ2n) is 2.65. The van der Waals surface area contributed by atoms with E-state index < -0.39 is 0 Å². The van der Waals surface area contributed by atoms with Crippen LogP contribution in [0, 0.1) is 0 Å². The molecule has 0 unspecified atom stereocenters. The van der Waals surface area contributed by atoms with Gasteiger partial charge in [-0.15, -0.1) is 22.9 Å². The van der Waals surface area contributed by atoms with Gasteiger partial charge in [-0.05, 0) is 18.2 Å². The summed E-state index contributed by atoms with van der Waals surface area (Å²) in [5, 5.41) is 10.9. The average Bonchev–Trinajstić information content (AvgIpc) is 2.42. The predicted molar refractivity (Wildman–Crippen MR) is 58.1 cm³/mol. The molecular weight excluding hydrogens is 227 g/mol. The highest BCUT2D eigenvalue weighted by Gasteiger charge is 2.09. The van der Waals surface area contributed by atoms with Gasteiger partial charge in [-0.2, -0.15) is 0 Å². The van der Waals surface area contributed by atoms with Crippen molar-refractivity contribution in [2.75, 3.05) is 0 Å². The summed E-state index contributed by atoms with van der Waals surface area (Å²) in [6, 6.07) is 5.13. The normalized spacial score (nSPS) is 10.9. The fourth-order valence-electron chi connectivity index (χ4n) is 1.19. The highest BCUT2D eigenvalue weighted by Crippen LogP contribution is 2.37. The van der Waals surface area contributed by atoms with Crippen LogP contribution in [0.25, 0.3) is 10.1 Å². The summed E-state index contributed by atoms with van der Waals surface area (Å²) >= 11 is 13.3. The molecule has 2 aromatic rings. The van der Waals surface area contributed by atoms with E-state index in [1.165, 1.54) is 11.3 Å². The van der Waals surface area contributed by atoms with Crippen LogP contribution in [0.5, 0.6) is 5.75 Å². The van der Waals surface area contributed by atoms with Crippen LogP contribution >= 0.6 is 34.5 Å². The first-order valence-electron chi connectivity index (χ1n) is 3.68. The number of rotatable bonds is 1. The average molecular weight is 233 g/mol. The van der Waals surface area contributed by atoms with Crippen molar-refractivity contribution in [1.29, 1.82) is 0 Å². The Labute approximate surface area is 89.5 Å². The quantitative estimate of drug-likeness (QED) is 0.738. The van der Waals surface area contributed by atoms with Gasteiger partial charge in [-0.1, -0.05) is 11.6 Å². The highest BCUT2D eigenvalue weighted by atomic mass is 35.5. The van der Waals surface area contributed by atoms with E-state index >= 15 is 0 Å². The molecule has 1 N–H and O–H groups in total. The standard InChI is InChI=1S/C9H6Cl2OS/c10-4-8-9(11)6-2-1-5(12)3-7(6)13-8/h1-3,12H,4H2. The monoisotopic (exact) mass is 232 g/mol. The van der Waals surface area contributed by atoms with Gasteiger partial charge in [0.1, 0.15) is 5.75 Å². The molecule has 0 aliphatic rings. The zero-order valence-corrected chi connectivity index (χ0v) is 8.88. The van der Waals surface area contributed by atoms with Gasteiger partial charge < -0.3 is 5.11 Å². The van der Waals surface area contributed by atoms with E-state index in [0.29, 0.717) is 10.9 Å². The number of aromatic hydroxyl groups is 1. The van der Waals surface area contributed by atoms with Gasteiger partial charge in [-0.25, -0.2) is 0 Å². The molecule has 0 atom stereocenters. The number of thiophene rings is 1. The SMILES string of the molecule is Oc1ccc2c(Cl)c(CCl)sc2c1. The summed E-state index contributed by atoms with van der Waals surface area (Å²) in [6.45, 7) is 0. The third-order valence-electron chi connectivity index (χ3n) is 1.80. The molecule has 0 aliphatic carbocycles. The number of hydrogen-bond acceptors (Lipinski definition) is 2. The van der Waals surface area contributed by atoms with Crippen LogP contribution in [-0.2, 0) is 5.88 Å². The third kappa shape index (κ3) is 1.50. The fourth-order valence-corrected chi connectivity index (χ4v) is 2.94. The number of alkyl halides is 1. The molecule has 1 aromatic carbocycles. The summed E-state index contributed by atoms with van der Waals surface area (Å²) in [7, 11) is 0. The zero-order chi connectivity index (χ0) is 9.42. The first-order chi connectivity index (χ1) is 6.22. The summed E-state index contributed by atoms with van der Waals surface area (Å²) in [5.74, 6) is 0.672. The molecule has 0 bridgehead atoms. The lowest BCUT2D eigenvalue weighted by molar-refractivity contribution is 0.476. The van der Waals surface area contributed by atoms with Gasteiger partial charge >= 0.3 is 0 Å². The summed E-state index contributed by atoms with van der Waals surface area (Å²) in [5.41, 5.74) is 0. The topological polar surface area (TPSA) is 20.2 Å². The van der Waals surface area contributed by atoms with E-state index in [1.54, 1.807) is 18.2 Å². The molecular formula is C9H6Cl2OS. The van der Waals surface area contributed by atoms with Crippen LogP contribution in [-0.4, -0.2) is 5.11 Å². The third-order valence-corrected chi connectivity index (χ3v) is 3.92. The highest BCUT2D eigenvalue weighted by molar-refractivity contribution is 7.20. The Morgan fingerprint density at radius 1 is 1.38 bits per heavy atom. The van der Waals surface area contributed by atoms with Crippen molar-refractivity contribution < 1.29 is 5.11 Å². The molecule has 0 amide bonds. The van der Waals surface area contributed by atoms with Crippen molar-refractivity contribution in [3.8, 4) is 5.75 Å². The smallest absolute Gasteiger partial charge is 0.117 e. The van der Waals surface area contributed by atoms with Crippen molar-refractivity contribution in [3.63, 3.8) is 0 Å². The van der Waals surface area contributed by atoms with E-state index in [4.69, 9.17) is 23.2 Å². The maximum atomic E-state index is 9.23. The number of benzene rings is 1. The zero-order valence-electron chi connectivity index (χ0n) is 6.55. The van der Waals surface area contributed by atoms with Gasteiger partial charge in [0.15, 0.2) is 0 Å². The van der Waals surface area contributed by atoms with Gasteiger partial charge in [0, 0.05) is 15.0 Å². The number of phenols is 1. The molecule has 13 heavy (non-hydrogen) atoms. The maximum absolute atomic E-state index is 9.23. The Morgan fingerprint density at radius 3 is 2.85 bits per heavy atom. The molecule has 0 saturated carbocycles. The van der Waals surface area contributed by atoms with Gasteiger partial charge in [0.05, 0.1) is 10.9 Å². The first kappa shape index (κ1) is 9.13. The van der Waals surface area contributed by atoms with Crippen molar-refractivity contribution in [2.45, 2.75) is 5.88 Å². The second-order valence-corrected chi connectivity index (χ2v) is 4.44. The van der Waals surface area contributed by atoms with E-state index in [0.717, 1.165) is 15.0 Å². The Morgan fingerprint density at radius 2 is 2.15 bits per heavy atom. The molecule has 4 heteroatoms. The number of hydrogen-bond donors (Lipinski definition) is 1. The Kier molecular flexibility index (Phi) is 2.37. The minimum absolute atomic E-state index is 0.256. The molecule has 0 radical (unpaired) electrons. The van der Waals surface area contributed by atoms with Gasteiger partial charge in [0.25, 0.3) is 0 Å². The Hall–Kier alpha value is -0.440. The molecule has 0 spiro atoms. The fraction of sp³-hybridized carbons (Fsp3) is 0.111. The molecule has 1 aromatic heterocycles. The maximum Gasteiger partial charge on any atom is 0.117 e. The first-order valence-corrected chi connectivity index (χ1v) is 5.41. The largest absolute Gasteiger partial charge is 0.508 e. The predicted octanol–water partition coefficient (Wildman–Crippen LogP) is 4.00. The van der Waals surface area contributed by atoms with Crippen LogP contribution in [0.2, 0.25) is 5.02 Å². The van der Waals surface area contributed by atoms with Gasteiger partial charge in [0.2, 0.25) is 0 Å². The Bertz CT molecular complexity index is 450. The van der Waals surface area contributed by atoms with Crippen LogP contribution in [0.1, 0.15) is 4.88 Å². The van der Waals surface area contributed by atoms with Crippen molar-refractivity contribution in [2.24, 2.45) is 0 Å². The summed E-state index contributed by atoms with van der Waals surface area (Å²) in [4.78, 5) is 0.948. The number of fused-ring (bicyclic) bond motifs is 1. The van der Waals surface area contributed by atoms with Gasteiger partial charge in [-0.3, -0.25) is 0 Å². The number of halogens is 2. The van der Waals surface area contributed by atoms with E-state index in [-0.39, 0.29) is 5.75 Å².